The van der Waals surface area contributed by atoms with Gasteiger partial charge in [0.2, 0.25) is 11.1 Å². The van der Waals surface area contributed by atoms with Crippen LogP contribution in [-0.2, 0) is 17.8 Å². The highest BCUT2D eigenvalue weighted by atomic mass is 32.2. The van der Waals surface area contributed by atoms with E-state index in [1.54, 1.807) is 14.2 Å². The molecule has 0 saturated carbocycles. The van der Waals surface area contributed by atoms with Gasteiger partial charge in [-0.3, -0.25) is 4.79 Å². The Morgan fingerprint density at radius 1 is 0.943 bits per heavy atom. The van der Waals surface area contributed by atoms with Gasteiger partial charge in [0.25, 0.3) is 0 Å². The van der Waals surface area contributed by atoms with Crippen molar-refractivity contribution >= 4 is 17.7 Å². The summed E-state index contributed by atoms with van der Waals surface area (Å²) in [4.78, 5) is 19.7. The molecule has 0 radical (unpaired) electrons. The van der Waals surface area contributed by atoms with Gasteiger partial charge in [-0.15, -0.1) is 5.10 Å². The third kappa shape index (κ3) is 4.88. The van der Waals surface area contributed by atoms with Crippen LogP contribution in [0.3, 0.4) is 0 Å². The van der Waals surface area contributed by atoms with Crippen LogP contribution in [0.1, 0.15) is 11.1 Å². The minimum Gasteiger partial charge on any atom is -0.493 e. The van der Waals surface area contributed by atoms with E-state index in [9.17, 15) is 4.79 Å². The molecule has 35 heavy (non-hydrogen) atoms. The number of ether oxygens (including phenoxy) is 2. The molecule has 0 bridgehead atoms. The summed E-state index contributed by atoms with van der Waals surface area (Å²) < 4.78 is 12.7. The summed E-state index contributed by atoms with van der Waals surface area (Å²) in [7, 11) is 3.26. The number of thioether (sulfide) groups is 1. The van der Waals surface area contributed by atoms with Gasteiger partial charge in [0.05, 0.1) is 25.7 Å². The maximum Gasteiger partial charge on any atom is 0.233 e. The second-order valence-electron chi connectivity index (χ2n) is 8.16. The molecular weight excluding hydrogens is 460 g/mol. The van der Waals surface area contributed by atoms with E-state index < -0.39 is 0 Å². The molecule has 8 heteroatoms. The van der Waals surface area contributed by atoms with Gasteiger partial charge in [-0.2, -0.15) is 0 Å². The van der Waals surface area contributed by atoms with Gasteiger partial charge < -0.3 is 14.4 Å². The van der Waals surface area contributed by atoms with Gasteiger partial charge in [0.15, 0.2) is 17.3 Å². The second-order valence-corrected chi connectivity index (χ2v) is 9.10. The molecule has 2 heterocycles. The molecule has 178 valence electrons. The van der Waals surface area contributed by atoms with E-state index >= 15 is 0 Å². The Hall–Kier alpha value is -3.78. The van der Waals surface area contributed by atoms with E-state index in [4.69, 9.17) is 19.6 Å². The van der Waals surface area contributed by atoms with Gasteiger partial charge in [-0.25, -0.2) is 9.67 Å². The second kappa shape index (κ2) is 10.2. The molecule has 1 aliphatic rings. The van der Waals surface area contributed by atoms with Crippen LogP contribution < -0.4 is 9.47 Å². The van der Waals surface area contributed by atoms with Crippen molar-refractivity contribution in [3.05, 3.63) is 83.9 Å². The molecule has 0 spiro atoms. The first-order chi connectivity index (χ1) is 17.2. The number of carbonyl (C=O) groups is 1. The van der Waals surface area contributed by atoms with Crippen molar-refractivity contribution in [3.8, 4) is 28.6 Å². The Balaban J connectivity index is 1.32. The maximum absolute atomic E-state index is 13.1. The van der Waals surface area contributed by atoms with Crippen LogP contribution in [-0.4, -0.2) is 52.1 Å². The molecule has 1 amide bonds. The highest BCUT2D eigenvalue weighted by Crippen LogP contribution is 2.33. The minimum absolute atomic E-state index is 0.0627. The van der Waals surface area contributed by atoms with Crippen LogP contribution in [0.5, 0.6) is 11.5 Å². The molecule has 3 aromatic carbocycles. The Morgan fingerprint density at radius 2 is 1.60 bits per heavy atom. The molecule has 0 aliphatic carbocycles. The zero-order valence-electron chi connectivity index (χ0n) is 19.7. The number of hydrogen-bond acceptors (Lipinski definition) is 6. The van der Waals surface area contributed by atoms with E-state index in [0.29, 0.717) is 24.0 Å². The van der Waals surface area contributed by atoms with Gasteiger partial charge >= 0.3 is 0 Å². The maximum atomic E-state index is 13.1. The van der Waals surface area contributed by atoms with Crippen LogP contribution in [0.25, 0.3) is 17.1 Å². The Labute approximate surface area is 208 Å². The fourth-order valence-corrected chi connectivity index (χ4v) is 4.92. The number of methoxy groups -OCH3 is 2. The molecule has 7 nitrogen and oxygen atoms in total. The van der Waals surface area contributed by atoms with Crippen LogP contribution in [0.4, 0.5) is 0 Å². The van der Waals surface area contributed by atoms with E-state index in [2.05, 4.69) is 0 Å². The number of rotatable bonds is 7. The number of nitrogens with zero attached hydrogens (tertiary/aromatic N) is 4. The number of para-hydroxylation sites is 1. The van der Waals surface area contributed by atoms with E-state index in [0.717, 1.165) is 34.8 Å². The van der Waals surface area contributed by atoms with Crippen molar-refractivity contribution in [2.24, 2.45) is 0 Å². The monoisotopic (exact) mass is 486 g/mol. The van der Waals surface area contributed by atoms with E-state index in [1.165, 1.54) is 17.3 Å². The number of benzene rings is 3. The summed E-state index contributed by atoms with van der Waals surface area (Å²) in [5.41, 5.74) is 4.17. The topological polar surface area (TPSA) is 69.5 Å². The minimum atomic E-state index is 0.0627. The average Bonchev–Trinajstić information content (AvgIpc) is 3.36. The smallest absolute Gasteiger partial charge is 0.233 e. The molecule has 0 N–H and O–H groups in total. The van der Waals surface area contributed by atoms with Crippen LogP contribution in [0.15, 0.2) is 78.0 Å². The average molecular weight is 487 g/mol. The number of carbonyl (C=O) groups excluding carboxylic acids is 1. The summed E-state index contributed by atoms with van der Waals surface area (Å²) in [6, 6.07) is 23.8. The molecule has 0 saturated heterocycles. The zero-order chi connectivity index (χ0) is 24.2. The molecule has 0 fully saturated rings. The first-order valence-corrected chi connectivity index (χ1v) is 12.4. The fourth-order valence-electron chi connectivity index (χ4n) is 4.19. The largest absolute Gasteiger partial charge is 0.493 e. The predicted octanol–water partition coefficient (Wildman–Crippen LogP) is 4.63. The fraction of sp³-hybridized carbons (Fsp3) is 0.222. The summed E-state index contributed by atoms with van der Waals surface area (Å²) in [6.45, 7) is 1.22. The lowest BCUT2D eigenvalue weighted by molar-refractivity contribution is -0.129. The third-order valence-electron chi connectivity index (χ3n) is 6.02. The molecule has 5 rings (SSSR count). The third-order valence-corrected chi connectivity index (χ3v) is 6.84. The van der Waals surface area contributed by atoms with Gasteiger partial charge in [-0.1, -0.05) is 60.3 Å². The van der Waals surface area contributed by atoms with Crippen molar-refractivity contribution in [1.82, 2.24) is 19.7 Å². The molecular formula is C27H26N4O3S. The van der Waals surface area contributed by atoms with Crippen LogP contribution in [0.2, 0.25) is 0 Å². The number of aromatic nitrogens is 3. The number of hydrogen-bond donors (Lipinski definition) is 0. The summed E-state index contributed by atoms with van der Waals surface area (Å²) in [5, 5.41) is 5.29. The molecule has 1 aliphatic heterocycles. The first-order valence-electron chi connectivity index (χ1n) is 11.4. The van der Waals surface area contributed by atoms with Crippen LogP contribution in [0, 0.1) is 0 Å². The van der Waals surface area contributed by atoms with Gasteiger partial charge in [0, 0.05) is 18.7 Å². The number of amides is 1. The highest BCUT2D eigenvalue weighted by Gasteiger charge is 2.24. The van der Waals surface area contributed by atoms with Crippen molar-refractivity contribution < 1.29 is 14.3 Å². The lowest BCUT2D eigenvalue weighted by Crippen LogP contribution is -2.37. The highest BCUT2D eigenvalue weighted by molar-refractivity contribution is 7.99. The van der Waals surface area contributed by atoms with Crippen molar-refractivity contribution in [2.75, 3.05) is 26.5 Å². The van der Waals surface area contributed by atoms with Crippen molar-refractivity contribution in [2.45, 2.75) is 18.1 Å². The van der Waals surface area contributed by atoms with Crippen LogP contribution >= 0.6 is 11.8 Å². The van der Waals surface area contributed by atoms with E-state index in [-0.39, 0.29) is 11.7 Å². The molecule has 4 aromatic rings. The Kier molecular flexibility index (Phi) is 6.72. The van der Waals surface area contributed by atoms with E-state index in [1.807, 2.05) is 82.4 Å². The molecule has 1 aromatic heterocycles. The normalized spacial score (nSPS) is 12.8. The molecule has 0 unspecified atom stereocenters. The van der Waals surface area contributed by atoms with Crippen molar-refractivity contribution in [1.29, 1.82) is 0 Å². The predicted molar refractivity (Wildman–Crippen MR) is 136 cm³/mol. The summed E-state index contributed by atoms with van der Waals surface area (Å²) in [6.07, 6.45) is 0.783. The zero-order valence-corrected chi connectivity index (χ0v) is 20.5. The van der Waals surface area contributed by atoms with Gasteiger partial charge in [-0.05, 0) is 41.8 Å². The van der Waals surface area contributed by atoms with Gasteiger partial charge in [0.1, 0.15) is 0 Å². The quantitative estimate of drug-likeness (QED) is 0.355. The lowest BCUT2D eigenvalue weighted by atomic mass is 9.99. The number of fused-ring (bicyclic) bond motifs is 1. The Bertz CT molecular complexity index is 1270. The standard InChI is InChI=1S/C27H26N4O3S/c1-33-23-15-20-13-14-30(17-21(20)16-24(23)34-2)25(32)18-35-27-28-26(19-9-5-3-6-10-19)31(29-27)22-11-7-4-8-12-22/h3-12,15-16H,13-14,17-18H2,1-2H3. The Morgan fingerprint density at radius 3 is 2.29 bits per heavy atom. The SMILES string of the molecule is COc1cc2c(cc1OC)CN(C(=O)CSc1nc(-c3ccccc3)n(-c3ccccc3)n1)CC2. The lowest BCUT2D eigenvalue weighted by Gasteiger charge is -2.29. The first kappa shape index (κ1) is 23.0. The summed E-state index contributed by atoms with van der Waals surface area (Å²) >= 11 is 1.36. The molecule has 0 atom stereocenters. The van der Waals surface area contributed by atoms with Crippen molar-refractivity contribution in [3.63, 3.8) is 0 Å². The summed E-state index contributed by atoms with van der Waals surface area (Å²) in [5.74, 6) is 2.48.